The molecule has 0 saturated carbocycles. The molecular formula is C19H30BN3O4. The molecule has 0 aliphatic carbocycles. The highest BCUT2D eigenvalue weighted by molar-refractivity contribution is 6.61. The lowest BCUT2D eigenvalue weighted by Gasteiger charge is -2.35. The third-order valence-electron chi connectivity index (χ3n) is 5.89. The van der Waals surface area contributed by atoms with Crippen molar-refractivity contribution in [3.05, 3.63) is 12.4 Å². The summed E-state index contributed by atoms with van der Waals surface area (Å²) in [5, 5.41) is 0. The molecular weight excluding hydrogens is 345 g/mol. The van der Waals surface area contributed by atoms with Crippen LogP contribution in [0.4, 0.5) is 0 Å². The molecule has 8 heteroatoms. The number of carbonyl (C=O) groups excluding carboxylic acids is 1. The molecule has 0 N–H and O–H groups in total. The molecule has 27 heavy (non-hydrogen) atoms. The molecule has 0 radical (unpaired) electrons. The summed E-state index contributed by atoms with van der Waals surface area (Å²) in [6.07, 6.45) is 7.45. The Kier molecular flexibility index (Phi) is 5.77. The van der Waals surface area contributed by atoms with Crippen LogP contribution in [0.5, 0.6) is 6.01 Å². The van der Waals surface area contributed by atoms with Gasteiger partial charge in [0.2, 0.25) is 5.91 Å². The largest absolute Gasteiger partial charge is 0.498 e. The van der Waals surface area contributed by atoms with Gasteiger partial charge in [0.05, 0.1) is 17.8 Å². The number of hydrogen-bond donors (Lipinski definition) is 0. The van der Waals surface area contributed by atoms with Gasteiger partial charge in [-0.25, -0.2) is 9.97 Å². The molecule has 3 rings (SSSR count). The predicted octanol–water partition coefficient (Wildman–Crippen LogP) is 1.95. The number of ether oxygens (including phenoxy) is 1. The number of piperidine rings is 1. The monoisotopic (exact) mass is 375 g/mol. The maximum absolute atomic E-state index is 11.7. The van der Waals surface area contributed by atoms with E-state index in [4.69, 9.17) is 14.0 Å². The molecule has 0 aromatic carbocycles. The van der Waals surface area contributed by atoms with E-state index in [-0.39, 0.29) is 11.9 Å². The number of rotatable bonds is 5. The summed E-state index contributed by atoms with van der Waals surface area (Å²) in [7, 11) is -0.476. The van der Waals surface area contributed by atoms with Crippen LogP contribution in [0.2, 0.25) is 0 Å². The lowest BCUT2D eigenvalue weighted by Crippen LogP contribution is -2.43. The number of hydrogen-bond acceptors (Lipinski definition) is 6. The average Bonchev–Trinajstić information content (AvgIpc) is 2.83. The van der Waals surface area contributed by atoms with Crippen LogP contribution in [0.3, 0.4) is 0 Å². The van der Waals surface area contributed by atoms with Gasteiger partial charge in [-0.1, -0.05) is 0 Å². The van der Waals surface area contributed by atoms with E-state index in [0.717, 1.165) is 37.7 Å². The SMILES string of the molecule is CC(=O)N1CCCCC1CCOc1ncc(B2OC(C)(C)C(C)(C)O2)cn1. The van der Waals surface area contributed by atoms with Crippen molar-refractivity contribution in [3.63, 3.8) is 0 Å². The first-order chi connectivity index (χ1) is 12.7. The molecule has 2 saturated heterocycles. The molecule has 1 unspecified atom stereocenters. The Morgan fingerprint density at radius 1 is 1.22 bits per heavy atom. The van der Waals surface area contributed by atoms with E-state index < -0.39 is 18.3 Å². The first kappa shape index (κ1) is 20.1. The third-order valence-corrected chi connectivity index (χ3v) is 5.89. The van der Waals surface area contributed by atoms with E-state index in [2.05, 4.69) is 9.97 Å². The van der Waals surface area contributed by atoms with Crippen molar-refractivity contribution in [2.75, 3.05) is 13.2 Å². The molecule has 2 fully saturated rings. The standard InChI is InChI=1S/C19H30BN3O4/c1-14(24)23-10-7-6-8-16(23)9-11-25-17-21-12-15(13-22-17)20-26-18(2,3)19(4,5)27-20/h12-13,16H,6-11H2,1-5H3. The Balaban J connectivity index is 1.52. The van der Waals surface area contributed by atoms with Gasteiger partial charge in [-0.2, -0.15) is 0 Å². The molecule has 3 heterocycles. The number of carbonyl (C=O) groups is 1. The summed E-state index contributed by atoms with van der Waals surface area (Å²) in [6.45, 7) is 11.0. The zero-order valence-electron chi connectivity index (χ0n) is 17.0. The van der Waals surface area contributed by atoms with Gasteiger partial charge in [-0.15, -0.1) is 0 Å². The maximum Gasteiger partial charge on any atom is 0.498 e. The van der Waals surface area contributed by atoms with Crippen molar-refractivity contribution in [1.82, 2.24) is 14.9 Å². The van der Waals surface area contributed by atoms with E-state index in [1.54, 1.807) is 19.3 Å². The Labute approximate surface area is 161 Å². The number of nitrogens with zero attached hydrogens (tertiary/aromatic N) is 3. The first-order valence-electron chi connectivity index (χ1n) is 9.77. The zero-order valence-corrected chi connectivity index (χ0v) is 17.0. The second kappa shape index (κ2) is 7.76. The van der Waals surface area contributed by atoms with Gasteiger partial charge in [-0.05, 0) is 47.0 Å². The maximum atomic E-state index is 11.7. The van der Waals surface area contributed by atoms with Crippen LogP contribution in [0, 0.1) is 0 Å². The van der Waals surface area contributed by atoms with Crippen LogP contribution in [0.15, 0.2) is 12.4 Å². The fourth-order valence-corrected chi connectivity index (χ4v) is 3.50. The Hall–Kier alpha value is -1.67. The van der Waals surface area contributed by atoms with Gasteiger partial charge in [0.1, 0.15) is 0 Å². The van der Waals surface area contributed by atoms with Crippen molar-refractivity contribution in [3.8, 4) is 6.01 Å². The topological polar surface area (TPSA) is 73.8 Å². The first-order valence-corrected chi connectivity index (χ1v) is 9.77. The van der Waals surface area contributed by atoms with Gasteiger partial charge in [-0.3, -0.25) is 4.79 Å². The molecule has 2 aliphatic heterocycles. The van der Waals surface area contributed by atoms with Gasteiger partial charge < -0.3 is 18.9 Å². The van der Waals surface area contributed by atoms with Crippen molar-refractivity contribution in [2.24, 2.45) is 0 Å². The van der Waals surface area contributed by atoms with Crippen LogP contribution in [-0.4, -0.2) is 58.3 Å². The van der Waals surface area contributed by atoms with E-state index in [1.165, 1.54) is 0 Å². The third kappa shape index (κ3) is 4.43. The lowest BCUT2D eigenvalue weighted by molar-refractivity contribution is -0.132. The molecule has 2 aliphatic rings. The summed E-state index contributed by atoms with van der Waals surface area (Å²) in [6, 6.07) is 0.584. The predicted molar refractivity (Wildman–Crippen MR) is 103 cm³/mol. The van der Waals surface area contributed by atoms with E-state index in [1.807, 2.05) is 32.6 Å². The van der Waals surface area contributed by atoms with Gasteiger partial charge >= 0.3 is 13.1 Å². The Bertz CT molecular complexity index is 649. The lowest BCUT2D eigenvalue weighted by atomic mass is 9.81. The number of amides is 1. The summed E-state index contributed by atoms with van der Waals surface area (Å²) < 4.78 is 17.7. The highest BCUT2D eigenvalue weighted by Gasteiger charge is 2.51. The van der Waals surface area contributed by atoms with E-state index >= 15 is 0 Å². The van der Waals surface area contributed by atoms with Crippen LogP contribution in [0.25, 0.3) is 0 Å². The summed E-state index contributed by atoms with van der Waals surface area (Å²) >= 11 is 0. The molecule has 1 aromatic rings. The van der Waals surface area contributed by atoms with Gasteiger partial charge in [0.25, 0.3) is 0 Å². The van der Waals surface area contributed by atoms with Crippen LogP contribution >= 0.6 is 0 Å². The molecule has 148 valence electrons. The average molecular weight is 375 g/mol. The molecule has 0 bridgehead atoms. The van der Waals surface area contributed by atoms with E-state index in [9.17, 15) is 4.79 Å². The minimum absolute atomic E-state index is 0.141. The van der Waals surface area contributed by atoms with Gasteiger partial charge in [0.15, 0.2) is 0 Å². The summed E-state index contributed by atoms with van der Waals surface area (Å²) in [5.41, 5.74) is -0.0128. The highest BCUT2D eigenvalue weighted by atomic mass is 16.7. The normalized spacial score (nSPS) is 24.1. The molecule has 1 amide bonds. The fourth-order valence-electron chi connectivity index (χ4n) is 3.50. The smallest absolute Gasteiger partial charge is 0.463 e. The molecule has 0 spiro atoms. The van der Waals surface area contributed by atoms with E-state index in [0.29, 0.717) is 12.6 Å². The Morgan fingerprint density at radius 3 is 2.44 bits per heavy atom. The van der Waals surface area contributed by atoms with Crippen molar-refractivity contribution in [1.29, 1.82) is 0 Å². The van der Waals surface area contributed by atoms with Crippen LogP contribution < -0.4 is 10.2 Å². The van der Waals surface area contributed by atoms with Crippen LogP contribution in [0.1, 0.15) is 60.3 Å². The fraction of sp³-hybridized carbons (Fsp3) is 0.737. The molecule has 7 nitrogen and oxygen atoms in total. The zero-order chi connectivity index (χ0) is 19.7. The highest BCUT2D eigenvalue weighted by Crippen LogP contribution is 2.36. The quantitative estimate of drug-likeness (QED) is 0.733. The summed E-state index contributed by atoms with van der Waals surface area (Å²) in [5.74, 6) is 0.141. The number of aromatic nitrogens is 2. The molecule has 1 aromatic heterocycles. The minimum Gasteiger partial charge on any atom is -0.463 e. The van der Waals surface area contributed by atoms with Crippen LogP contribution in [-0.2, 0) is 14.1 Å². The van der Waals surface area contributed by atoms with Crippen molar-refractivity contribution < 1.29 is 18.8 Å². The van der Waals surface area contributed by atoms with Gasteiger partial charge in [0, 0.05) is 43.8 Å². The Morgan fingerprint density at radius 2 is 1.85 bits per heavy atom. The number of likely N-dealkylation sites (tertiary alicyclic amines) is 1. The van der Waals surface area contributed by atoms with Crippen molar-refractivity contribution >= 4 is 18.5 Å². The second-order valence-corrected chi connectivity index (χ2v) is 8.39. The van der Waals surface area contributed by atoms with Crippen molar-refractivity contribution in [2.45, 2.75) is 77.5 Å². The summed E-state index contributed by atoms with van der Waals surface area (Å²) in [4.78, 5) is 22.3. The second-order valence-electron chi connectivity index (χ2n) is 8.39. The molecule has 1 atom stereocenters. The minimum atomic E-state index is -0.476.